The van der Waals surface area contributed by atoms with Crippen LogP contribution in [-0.2, 0) is 11.2 Å². The Morgan fingerprint density at radius 2 is 1.81 bits per heavy atom. The minimum Gasteiger partial charge on any atom is -0.451 e. The average Bonchev–Trinajstić information content (AvgIpc) is 3.11. The molecule has 0 saturated carbocycles. The van der Waals surface area contributed by atoms with E-state index in [4.69, 9.17) is 16.0 Å². The Labute approximate surface area is 161 Å². The molecular formula is C20H18ClN3O3. The minimum absolute atomic E-state index is 0.0270. The van der Waals surface area contributed by atoms with Gasteiger partial charge in [0.2, 0.25) is 5.91 Å². The van der Waals surface area contributed by atoms with Crippen LogP contribution in [-0.4, -0.2) is 52.8 Å². The first-order valence-electron chi connectivity index (χ1n) is 8.76. The molecule has 0 N–H and O–H groups in total. The molecule has 0 bridgehead atoms. The number of hydrogen-bond donors (Lipinski definition) is 0. The molecule has 138 valence electrons. The lowest BCUT2D eigenvalue weighted by Crippen LogP contribution is -2.51. The maximum atomic E-state index is 12.7. The van der Waals surface area contributed by atoms with Crippen LogP contribution in [0.2, 0.25) is 5.02 Å². The Hall–Kier alpha value is -2.86. The fourth-order valence-electron chi connectivity index (χ4n) is 3.20. The number of furan rings is 1. The summed E-state index contributed by atoms with van der Waals surface area (Å²) in [5.41, 5.74) is 1.38. The fraction of sp³-hybridized carbons (Fsp3) is 0.250. The summed E-state index contributed by atoms with van der Waals surface area (Å²) in [6.07, 6.45) is 1.96. The number of hydrogen-bond acceptors (Lipinski definition) is 4. The van der Waals surface area contributed by atoms with Crippen molar-refractivity contribution in [2.24, 2.45) is 0 Å². The maximum absolute atomic E-state index is 12.7. The van der Waals surface area contributed by atoms with Crippen molar-refractivity contribution in [2.45, 2.75) is 6.42 Å². The molecule has 1 aliphatic heterocycles. The van der Waals surface area contributed by atoms with Crippen molar-refractivity contribution >= 4 is 34.4 Å². The molecule has 2 amide bonds. The van der Waals surface area contributed by atoms with Crippen LogP contribution in [0.25, 0.3) is 11.0 Å². The normalized spacial score (nSPS) is 14.6. The second kappa shape index (κ2) is 7.40. The van der Waals surface area contributed by atoms with Gasteiger partial charge < -0.3 is 14.2 Å². The van der Waals surface area contributed by atoms with E-state index >= 15 is 0 Å². The Balaban J connectivity index is 1.38. The van der Waals surface area contributed by atoms with Crippen LogP contribution in [0.3, 0.4) is 0 Å². The van der Waals surface area contributed by atoms with Gasteiger partial charge in [0.05, 0.1) is 6.42 Å². The predicted molar refractivity (Wildman–Crippen MR) is 102 cm³/mol. The Morgan fingerprint density at radius 1 is 1.04 bits per heavy atom. The van der Waals surface area contributed by atoms with E-state index in [2.05, 4.69) is 4.98 Å². The highest BCUT2D eigenvalue weighted by Crippen LogP contribution is 2.24. The molecule has 7 heteroatoms. The van der Waals surface area contributed by atoms with Crippen LogP contribution in [0.1, 0.15) is 16.2 Å². The van der Waals surface area contributed by atoms with Crippen LogP contribution in [0.4, 0.5) is 0 Å². The number of carbonyl (C=O) groups excluding carboxylic acids is 2. The summed E-state index contributed by atoms with van der Waals surface area (Å²) in [5.74, 6) is 0.152. The Morgan fingerprint density at radius 3 is 2.56 bits per heavy atom. The number of carbonyl (C=O) groups is 2. The van der Waals surface area contributed by atoms with Crippen LogP contribution < -0.4 is 0 Å². The lowest BCUT2D eigenvalue weighted by Gasteiger charge is -2.34. The third kappa shape index (κ3) is 3.80. The molecule has 27 heavy (non-hydrogen) atoms. The number of nitrogens with zero attached hydrogens (tertiary/aromatic N) is 3. The second-order valence-corrected chi connectivity index (χ2v) is 6.90. The van der Waals surface area contributed by atoms with Gasteiger partial charge >= 0.3 is 0 Å². The van der Waals surface area contributed by atoms with E-state index in [0.717, 1.165) is 11.1 Å². The zero-order chi connectivity index (χ0) is 18.8. The van der Waals surface area contributed by atoms with E-state index < -0.39 is 0 Å². The molecule has 3 aromatic rings. The number of rotatable bonds is 3. The zero-order valence-electron chi connectivity index (χ0n) is 14.6. The first-order valence-corrected chi connectivity index (χ1v) is 9.14. The van der Waals surface area contributed by atoms with E-state index in [1.54, 1.807) is 40.3 Å². The fourth-order valence-corrected chi connectivity index (χ4v) is 3.38. The third-order valence-electron chi connectivity index (χ3n) is 4.67. The summed E-state index contributed by atoms with van der Waals surface area (Å²) in [5, 5.41) is 1.40. The van der Waals surface area contributed by atoms with Crippen molar-refractivity contribution < 1.29 is 14.0 Å². The van der Waals surface area contributed by atoms with Crippen molar-refractivity contribution in [1.29, 1.82) is 0 Å². The number of amides is 2. The molecule has 1 fully saturated rings. The molecule has 0 aliphatic carbocycles. The highest BCUT2D eigenvalue weighted by molar-refractivity contribution is 6.31. The summed E-state index contributed by atoms with van der Waals surface area (Å²) >= 11 is 5.98. The second-order valence-electron chi connectivity index (χ2n) is 6.46. The summed E-state index contributed by atoms with van der Waals surface area (Å²) in [4.78, 5) is 32.8. The number of piperazine rings is 1. The van der Waals surface area contributed by atoms with Gasteiger partial charge in [0, 0.05) is 48.5 Å². The third-order valence-corrected chi connectivity index (χ3v) is 4.90. The van der Waals surface area contributed by atoms with E-state index in [1.807, 2.05) is 18.2 Å². The largest absolute Gasteiger partial charge is 0.451 e. The van der Waals surface area contributed by atoms with Gasteiger partial charge in [-0.3, -0.25) is 14.6 Å². The van der Waals surface area contributed by atoms with E-state index in [9.17, 15) is 9.59 Å². The molecule has 0 radical (unpaired) electrons. The molecule has 0 unspecified atom stereocenters. The van der Waals surface area contributed by atoms with Crippen LogP contribution >= 0.6 is 11.6 Å². The van der Waals surface area contributed by atoms with Gasteiger partial charge in [0.1, 0.15) is 5.58 Å². The highest BCUT2D eigenvalue weighted by atomic mass is 35.5. The van der Waals surface area contributed by atoms with Crippen molar-refractivity contribution in [3.8, 4) is 0 Å². The Bertz CT molecular complexity index is 979. The molecule has 1 aliphatic rings. The topological polar surface area (TPSA) is 66.7 Å². The first-order chi connectivity index (χ1) is 13.1. The molecule has 6 nitrogen and oxygen atoms in total. The maximum Gasteiger partial charge on any atom is 0.289 e. The first kappa shape index (κ1) is 17.5. The number of aromatic nitrogens is 1. The lowest BCUT2D eigenvalue weighted by atomic mass is 10.2. The molecule has 1 aromatic carbocycles. The average molecular weight is 384 g/mol. The quantitative estimate of drug-likeness (QED) is 0.697. The zero-order valence-corrected chi connectivity index (χ0v) is 15.4. The van der Waals surface area contributed by atoms with Gasteiger partial charge in [0.25, 0.3) is 5.91 Å². The number of halogens is 1. The van der Waals surface area contributed by atoms with Crippen molar-refractivity contribution in [2.75, 3.05) is 26.2 Å². The summed E-state index contributed by atoms with van der Waals surface area (Å²) in [6, 6.07) is 12.5. The van der Waals surface area contributed by atoms with Crippen molar-refractivity contribution in [1.82, 2.24) is 14.8 Å². The van der Waals surface area contributed by atoms with Crippen LogP contribution in [0, 0.1) is 0 Å². The Kier molecular flexibility index (Phi) is 4.81. The van der Waals surface area contributed by atoms with E-state index in [-0.39, 0.29) is 18.2 Å². The SMILES string of the molecule is O=C(Cc1ccccn1)N1CCN(C(=O)c2cc3cc(Cl)ccc3o2)CC1. The summed E-state index contributed by atoms with van der Waals surface area (Å²) in [7, 11) is 0. The monoisotopic (exact) mass is 383 g/mol. The van der Waals surface area contributed by atoms with Crippen LogP contribution in [0.15, 0.2) is 53.1 Å². The molecule has 3 heterocycles. The summed E-state index contributed by atoms with van der Waals surface area (Å²) < 4.78 is 5.65. The minimum atomic E-state index is -0.167. The van der Waals surface area contributed by atoms with E-state index in [1.165, 1.54) is 0 Å². The number of fused-ring (bicyclic) bond motifs is 1. The summed E-state index contributed by atoms with van der Waals surface area (Å²) in [6.45, 7) is 1.96. The van der Waals surface area contributed by atoms with Gasteiger partial charge in [-0.1, -0.05) is 17.7 Å². The molecule has 1 saturated heterocycles. The number of pyridine rings is 1. The molecule has 0 atom stereocenters. The molecule has 4 rings (SSSR count). The predicted octanol–water partition coefficient (Wildman–Crippen LogP) is 3.01. The molecule has 0 spiro atoms. The van der Waals surface area contributed by atoms with Gasteiger partial charge in [-0.15, -0.1) is 0 Å². The number of benzene rings is 1. The van der Waals surface area contributed by atoms with Crippen molar-refractivity contribution in [3.05, 3.63) is 65.1 Å². The molecular weight excluding hydrogens is 366 g/mol. The van der Waals surface area contributed by atoms with Gasteiger partial charge in [-0.2, -0.15) is 0 Å². The van der Waals surface area contributed by atoms with Gasteiger partial charge in [-0.05, 0) is 36.4 Å². The van der Waals surface area contributed by atoms with Crippen molar-refractivity contribution in [3.63, 3.8) is 0 Å². The highest BCUT2D eigenvalue weighted by Gasteiger charge is 2.26. The standard InChI is InChI=1S/C20H18ClN3O3/c21-15-4-5-17-14(11-15)12-18(27-17)20(26)24-9-7-23(8-10-24)19(25)13-16-3-1-2-6-22-16/h1-6,11-12H,7-10,13H2. The smallest absolute Gasteiger partial charge is 0.289 e. The van der Waals surface area contributed by atoms with Gasteiger partial charge in [0.15, 0.2) is 5.76 Å². The van der Waals surface area contributed by atoms with Gasteiger partial charge in [-0.25, -0.2) is 0 Å². The molecule has 2 aromatic heterocycles. The lowest BCUT2D eigenvalue weighted by molar-refractivity contribution is -0.132. The van der Waals surface area contributed by atoms with E-state index in [0.29, 0.717) is 42.5 Å². The van der Waals surface area contributed by atoms with Crippen LogP contribution in [0.5, 0.6) is 0 Å².